The van der Waals surface area contributed by atoms with E-state index in [1.807, 2.05) is 32.9 Å². The normalized spacial score (nSPS) is 15.3. The highest BCUT2D eigenvalue weighted by Crippen LogP contribution is 2.34. The van der Waals surface area contributed by atoms with Crippen molar-refractivity contribution in [3.63, 3.8) is 0 Å². The third kappa shape index (κ3) is 5.02. The molecule has 6 nitrogen and oxygen atoms in total. The summed E-state index contributed by atoms with van der Waals surface area (Å²) >= 11 is 0. The van der Waals surface area contributed by atoms with Crippen LogP contribution in [0, 0.1) is 6.92 Å². The Kier molecular flexibility index (Phi) is 6.83. The fraction of sp³-hybridized carbons (Fsp3) is 0.435. The number of nitrogens with one attached hydrogen (secondary N) is 1. The molecule has 0 atom stereocenters. The first kappa shape index (κ1) is 22.3. The summed E-state index contributed by atoms with van der Waals surface area (Å²) in [7, 11) is -3.65. The number of benzene rings is 2. The fourth-order valence-electron chi connectivity index (χ4n) is 3.96. The van der Waals surface area contributed by atoms with Gasteiger partial charge in [0.25, 0.3) is 0 Å². The van der Waals surface area contributed by atoms with Crippen molar-refractivity contribution in [1.29, 1.82) is 0 Å². The monoisotopic (exact) mass is 429 g/mol. The summed E-state index contributed by atoms with van der Waals surface area (Å²) in [6.07, 6.45) is 3.53. The predicted octanol–water partition coefficient (Wildman–Crippen LogP) is 4.21. The highest BCUT2D eigenvalue weighted by Gasteiger charge is 2.23. The number of hydrogen-bond acceptors (Lipinski definition) is 4. The van der Waals surface area contributed by atoms with Crippen LogP contribution in [0.4, 0.5) is 16.2 Å². The van der Waals surface area contributed by atoms with Crippen LogP contribution in [0.2, 0.25) is 0 Å². The van der Waals surface area contributed by atoms with Crippen LogP contribution in [0.25, 0.3) is 0 Å². The van der Waals surface area contributed by atoms with Gasteiger partial charge in [-0.2, -0.15) is 0 Å². The van der Waals surface area contributed by atoms with E-state index < -0.39 is 16.1 Å². The maximum atomic E-state index is 12.7. The van der Waals surface area contributed by atoms with Crippen LogP contribution in [-0.2, 0) is 10.0 Å². The van der Waals surface area contributed by atoms with Crippen molar-refractivity contribution in [2.75, 3.05) is 4.90 Å². The molecule has 0 bridgehead atoms. The maximum Gasteiger partial charge on any atom is 0.240 e. The fourth-order valence-corrected chi connectivity index (χ4v) is 5.27. The highest BCUT2D eigenvalue weighted by atomic mass is 32.2. The van der Waals surface area contributed by atoms with Gasteiger partial charge in [0.2, 0.25) is 10.0 Å². The summed E-state index contributed by atoms with van der Waals surface area (Å²) in [5.41, 5.74) is 2.68. The minimum absolute atomic E-state index is 0.0379. The molecule has 0 unspecified atom stereocenters. The molecule has 0 aromatic heterocycles. The van der Waals surface area contributed by atoms with E-state index in [0.717, 1.165) is 48.1 Å². The van der Waals surface area contributed by atoms with Crippen molar-refractivity contribution in [2.45, 2.75) is 69.7 Å². The number of aryl methyl sites for hydroxylation is 1. The van der Waals surface area contributed by atoms with E-state index in [-0.39, 0.29) is 16.9 Å². The number of hydrogen-bond donors (Lipinski definition) is 1. The van der Waals surface area contributed by atoms with Gasteiger partial charge in [0, 0.05) is 11.7 Å². The number of amides is 1. The second kappa shape index (κ2) is 9.18. The first-order valence-electron chi connectivity index (χ1n) is 10.4. The van der Waals surface area contributed by atoms with Crippen LogP contribution in [0.1, 0.15) is 63.0 Å². The van der Waals surface area contributed by atoms with Gasteiger partial charge in [0.15, 0.2) is 0 Å². The maximum absolute atomic E-state index is 12.7. The molecule has 1 saturated carbocycles. The molecule has 0 aliphatic heterocycles. The number of anilines is 2. The molecule has 0 heterocycles. The largest absolute Gasteiger partial charge is 0.529 e. The topological polar surface area (TPSA) is 89.5 Å². The zero-order valence-electron chi connectivity index (χ0n) is 17.7. The van der Waals surface area contributed by atoms with Crippen LogP contribution in [0.15, 0.2) is 47.4 Å². The molecule has 162 valence electrons. The van der Waals surface area contributed by atoms with Crippen molar-refractivity contribution in [1.82, 2.24) is 4.72 Å². The summed E-state index contributed by atoms with van der Waals surface area (Å²) in [5.74, 6) is 0.113. The lowest BCUT2D eigenvalue weighted by Gasteiger charge is -2.29. The molecule has 0 spiro atoms. The van der Waals surface area contributed by atoms with Crippen LogP contribution in [0.5, 0.6) is 0 Å². The second-order valence-electron chi connectivity index (χ2n) is 8.27. The zero-order valence-corrected chi connectivity index (χ0v) is 18.5. The first-order valence-corrected chi connectivity index (χ1v) is 11.9. The number of carbonyl (C=O) groups excluding carboxylic acids is 1. The molecule has 1 aliphatic rings. The molecule has 7 heteroatoms. The van der Waals surface area contributed by atoms with Gasteiger partial charge in [-0.25, -0.2) is 13.1 Å². The quantitative estimate of drug-likeness (QED) is 0.745. The molecule has 0 saturated heterocycles. The van der Waals surface area contributed by atoms with E-state index in [2.05, 4.69) is 4.72 Å². The summed E-state index contributed by atoms with van der Waals surface area (Å²) in [6, 6.07) is 11.5. The smallest absolute Gasteiger partial charge is 0.240 e. The number of sulfonamides is 1. The van der Waals surface area contributed by atoms with E-state index in [4.69, 9.17) is 0 Å². The molecule has 30 heavy (non-hydrogen) atoms. The van der Waals surface area contributed by atoms with Gasteiger partial charge in [-0.3, -0.25) is 4.90 Å². The van der Waals surface area contributed by atoms with Crippen molar-refractivity contribution >= 4 is 27.5 Å². The molecular weight excluding hydrogens is 400 g/mol. The predicted molar refractivity (Wildman–Crippen MR) is 116 cm³/mol. The van der Waals surface area contributed by atoms with E-state index >= 15 is 0 Å². The lowest BCUT2D eigenvalue weighted by Crippen LogP contribution is -2.38. The van der Waals surface area contributed by atoms with Crippen molar-refractivity contribution in [2.24, 2.45) is 0 Å². The van der Waals surface area contributed by atoms with Crippen LogP contribution >= 0.6 is 0 Å². The number of nitrogens with zero attached hydrogens (tertiary/aromatic N) is 1. The van der Waals surface area contributed by atoms with Crippen LogP contribution in [-0.4, -0.2) is 20.6 Å². The lowest BCUT2D eigenvalue weighted by molar-refractivity contribution is -0.245. The molecule has 3 rings (SSSR count). The molecule has 1 N–H and O–H groups in total. The summed E-state index contributed by atoms with van der Waals surface area (Å²) in [4.78, 5) is 13.2. The van der Waals surface area contributed by atoms with Crippen LogP contribution in [0.3, 0.4) is 0 Å². The van der Waals surface area contributed by atoms with E-state index in [0.29, 0.717) is 11.4 Å². The van der Waals surface area contributed by atoms with Crippen molar-refractivity contribution < 1.29 is 18.3 Å². The van der Waals surface area contributed by atoms with Crippen molar-refractivity contribution in [3.05, 3.63) is 53.6 Å². The Morgan fingerprint density at radius 3 is 2.27 bits per heavy atom. The first-order chi connectivity index (χ1) is 14.2. The summed E-state index contributed by atoms with van der Waals surface area (Å²) < 4.78 is 28.2. The minimum atomic E-state index is -3.65. The Bertz CT molecular complexity index is 994. The molecular formula is C23H29N2O4S-. The molecule has 1 amide bonds. The number of rotatable bonds is 6. The van der Waals surface area contributed by atoms with E-state index in [1.54, 1.807) is 6.07 Å². The Morgan fingerprint density at radius 1 is 1.07 bits per heavy atom. The van der Waals surface area contributed by atoms with Gasteiger partial charge >= 0.3 is 0 Å². The molecule has 0 radical (unpaired) electrons. The van der Waals surface area contributed by atoms with Gasteiger partial charge in [-0.15, -0.1) is 0 Å². The van der Waals surface area contributed by atoms with Gasteiger partial charge < -0.3 is 9.90 Å². The SMILES string of the molecule is Cc1ccc(C(C)C)c(N(C(=O)[O-])c2ccc(S(=O)(=O)NC3CCCCC3)cc2)c1. The third-order valence-electron chi connectivity index (χ3n) is 5.56. The Balaban J connectivity index is 1.91. The molecule has 2 aromatic carbocycles. The van der Waals surface area contributed by atoms with E-state index in [9.17, 15) is 18.3 Å². The Morgan fingerprint density at radius 2 is 1.70 bits per heavy atom. The molecule has 2 aromatic rings. The Hall–Kier alpha value is -2.38. The van der Waals surface area contributed by atoms with Gasteiger partial charge in [-0.05, 0) is 67.1 Å². The van der Waals surface area contributed by atoms with E-state index in [1.165, 1.54) is 24.3 Å². The summed E-state index contributed by atoms with van der Waals surface area (Å²) in [6.45, 7) is 5.89. The minimum Gasteiger partial charge on any atom is -0.529 e. The summed E-state index contributed by atoms with van der Waals surface area (Å²) in [5, 5.41) is 12.0. The molecule has 1 fully saturated rings. The lowest BCUT2D eigenvalue weighted by atomic mass is 9.96. The second-order valence-corrected chi connectivity index (χ2v) is 9.98. The number of carboxylic acid groups (broad SMARTS) is 1. The average Bonchev–Trinajstić information content (AvgIpc) is 2.68. The average molecular weight is 430 g/mol. The third-order valence-corrected chi connectivity index (χ3v) is 7.10. The highest BCUT2D eigenvalue weighted by molar-refractivity contribution is 7.89. The Labute approximate surface area is 179 Å². The van der Waals surface area contributed by atoms with Gasteiger partial charge in [0.05, 0.1) is 10.6 Å². The number of carbonyl (C=O) groups is 1. The standard InChI is InChI=1S/C23H30N2O4S/c1-16(2)21-14-9-17(3)15-22(21)25(23(26)27)19-10-12-20(13-11-19)30(28,29)24-18-7-5-4-6-8-18/h9-16,18,24H,4-8H2,1-3H3,(H,26,27)/p-1. The van der Waals surface area contributed by atoms with Gasteiger partial charge in [-0.1, -0.05) is 45.2 Å². The van der Waals surface area contributed by atoms with Gasteiger partial charge in [0.1, 0.15) is 6.09 Å². The van der Waals surface area contributed by atoms with Crippen molar-refractivity contribution in [3.8, 4) is 0 Å². The molecule has 1 aliphatic carbocycles. The van der Waals surface area contributed by atoms with Crippen LogP contribution < -0.4 is 14.7 Å². The zero-order chi connectivity index (χ0) is 21.9.